The molecule has 0 aliphatic rings. The monoisotopic (exact) mass is 609 g/mol. The van der Waals surface area contributed by atoms with E-state index in [1.165, 1.54) is 17.0 Å². The highest BCUT2D eigenvalue weighted by atomic mass is 35.5. The van der Waals surface area contributed by atoms with Crippen LogP contribution in [0.15, 0.2) is 36.4 Å². The lowest BCUT2D eigenvalue weighted by Crippen LogP contribution is -2.49. The maximum Gasteiger partial charge on any atom is 0.242 e. The fraction of sp³-hybridized carbons (Fsp3) is 0.440. The van der Waals surface area contributed by atoms with Gasteiger partial charge < -0.3 is 10.2 Å². The zero-order valence-electron chi connectivity index (χ0n) is 21.1. The molecule has 0 aliphatic carbocycles. The zero-order valence-corrected chi connectivity index (χ0v) is 24.9. The van der Waals surface area contributed by atoms with Gasteiger partial charge in [0, 0.05) is 40.6 Å². The first-order chi connectivity index (χ1) is 17.2. The molecule has 7 nitrogen and oxygen atoms in total. The molecule has 0 fully saturated rings. The number of carbonyl (C=O) groups excluding carboxylic acids is 2. The summed E-state index contributed by atoms with van der Waals surface area (Å²) in [6.07, 6.45) is 1.96. The second kappa shape index (κ2) is 13.9. The van der Waals surface area contributed by atoms with Crippen LogP contribution in [0, 0.1) is 0 Å². The van der Waals surface area contributed by atoms with Crippen LogP contribution in [0.4, 0.5) is 5.69 Å². The molecular formula is C25H31Cl4N3O4S. The van der Waals surface area contributed by atoms with Gasteiger partial charge in [-0.05, 0) is 62.6 Å². The van der Waals surface area contributed by atoms with E-state index in [0.717, 1.165) is 17.0 Å². The molecule has 204 valence electrons. The summed E-state index contributed by atoms with van der Waals surface area (Å²) in [6, 6.07) is 8.62. The molecule has 2 rings (SSSR count). The summed E-state index contributed by atoms with van der Waals surface area (Å²) in [5, 5.41) is 4.27. The maximum absolute atomic E-state index is 13.4. The van der Waals surface area contributed by atoms with Crippen LogP contribution < -0.4 is 9.62 Å². The molecule has 0 heterocycles. The van der Waals surface area contributed by atoms with Crippen LogP contribution in [0.2, 0.25) is 20.1 Å². The molecule has 0 spiro atoms. The Kier molecular flexibility index (Phi) is 11.8. The van der Waals surface area contributed by atoms with Crippen molar-refractivity contribution in [1.29, 1.82) is 0 Å². The molecule has 37 heavy (non-hydrogen) atoms. The number of nitrogens with one attached hydrogen (secondary N) is 1. The lowest BCUT2D eigenvalue weighted by molar-refractivity contribution is -0.140. The highest BCUT2D eigenvalue weighted by Gasteiger charge is 2.28. The van der Waals surface area contributed by atoms with Crippen LogP contribution in [0.1, 0.15) is 45.6 Å². The molecule has 2 aromatic rings. The number of hydrogen-bond acceptors (Lipinski definition) is 4. The Morgan fingerprint density at radius 3 is 2.19 bits per heavy atom. The third kappa shape index (κ3) is 9.21. The number of nitrogens with zero attached hydrogens (tertiary/aromatic N) is 2. The van der Waals surface area contributed by atoms with E-state index in [1.54, 1.807) is 31.2 Å². The van der Waals surface area contributed by atoms with Crippen LogP contribution in [0.3, 0.4) is 0 Å². The van der Waals surface area contributed by atoms with Crippen molar-refractivity contribution >= 4 is 73.9 Å². The number of rotatable bonds is 12. The first-order valence-corrected chi connectivity index (χ1v) is 15.1. The van der Waals surface area contributed by atoms with Crippen LogP contribution >= 0.6 is 46.4 Å². The van der Waals surface area contributed by atoms with Crippen molar-refractivity contribution < 1.29 is 18.0 Å². The number of hydrogen-bond donors (Lipinski definition) is 1. The van der Waals surface area contributed by atoms with Gasteiger partial charge in [0.15, 0.2) is 0 Å². The summed E-state index contributed by atoms with van der Waals surface area (Å²) < 4.78 is 26.1. The molecule has 2 atom stereocenters. The number of carbonyl (C=O) groups is 2. The summed E-state index contributed by atoms with van der Waals surface area (Å²) in [5.74, 6) is -0.625. The average molecular weight is 611 g/mol. The van der Waals surface area contributed by atoms with Crippen LogP contribution in [-0.2, 0) is 26.2 Å². The van der Waals surface area contributed by atoms with Gasteiger partial charge in [-0.1, -0.05) is 59.4 Å². The zero-order chi connectivity index (χ0) is 27.9. The Balaban J connectivity index is 2.24. The number of sulfonamides is 1. The predicted molar refractivity (Wildman–Crippen MR) is 152 cm³/mol. The smallest absolute Gasteiger partial charge is 0.242 e. The Bertz CT molecular complexity index is 1230. The molecule has 0 aliphatic heterocycles. The van der Waals surface area contributed by atoms with Crippen molar-refractivity contribution in [3.8, 4) is 0 Å². The Hall–Kier alpha value is -1.71. The molecule has 12 heteroatoms. The van der Waals surface area contributed by atoms with Crippen molar-refractivity contribution in [2.24, 2.45) is 0 Å². The quantitative estimate of drug-likeness (QED) is 0.311. The van der Waals surface area contributed by atoms with Crippen molar-refractivity contribution in [1.82, 2.24) is 10.2 Å². The Morgan fingerprint density at radius 1 is 0.973 bits per heavy atom. The van der Waals surface area contributed by atoms with Gasteiger partial charge in [0.2, 0.25) is 21.8 Å². The fourth-order valence-electron chi connectivity index (χ4n) is 3.54. The van der Waals surface area contributed by atoms with E-state index < -0.39 is 16.1 Å². The lowest BCUT2D eigenvalue weighted by atomic mass is 10.1. The van der Waals surface area contributed by atoms with Crippen molar-refractivity contribution in [2.45, 2.75) is 58.7 Å². The minimum absolute atomic E-state index is 0.00633. The molecule has 0 radical (unpaired) electrons. The van der Waals surface area contributed by atoms with Crippen molar-refractivity contribution in [3.63, 3.8) is 0 Å². The summed E-state index contributed by atoms with van der Waals surface area (Å²) in [6.45, 7) is 5.56. The largest absolute Gasteiger partial charge is 0.352 e. The standard InChI is InChI=1S/C25H31Cl4N3O4S/c1-5-16(2)30-25(34)17(3)31(15-18-8-9-19(26)13-22(18)29)24(33)7-6-12-32(37(4,35)36)23-14-20(27)10-11-21(23)28/h8-11,13-14,16-17H,5-7,12,15H2,1-4H3,(H,30,34)/t16-,17-/m0/s1. The molecule has 2 amide bonds. The molecule has 0 saturated carbocycles. The Labute approximate surface area is 239 Å². The summed E-state index contributed by atoms with van der Waals surface area (Å²) in [7, 11) is -3.71. The highest BCUT2D eigenvalue weighted by Crippen LogP contribution is 2.31. The lowest BCUT2D eigenvalue weighted by Gasteiger charge is -2.30. The van der Waals surface area contributed by atoms with Gasteiger partial charge in [-0.3, -0.25) is 13.9 Å². The number of anilines is 1. The first kappa shape index (κ1) is 31.5. The van der Waals surface area contributed by atoms with Gasteiger partial charge in [-0.25, -0.2) is 8.42 Å². The van der Waals surface area contributed by atoms with Crippen LogP contribution in [0.5, 0.6) is 0 Å². The number of benzene rings is 2. The molecule has 1 N–H and O–H groups in total. The van der Waals surface area contributed by atoms with E-state index >= 15 is 0 Å². The topological polar surface area (TPSA) is 86.8 Å². The van der Waals surface area contributed by atoms with E-state index in [1.807, 2.05) is 13.8 Å². The fourth-order valence-corrected chi connectivity index (χ4v) is 5.41. The van der Waals surface area contributed by atoms with Gasteiger partial charge in [-0.2, -0.15) is 0 Å². The maximum atomic E-state index is 13.4. The average Bonchev–Trinajstić information content (AvgIpc) is 2.81. The minimum Gasteiger partial charge on any atom is -0.352 e. The Morgan fingerprint density at radius 2 is 1.59 bits per heavy atom. The number of amides is 2. The van der Waals surface area contributed by atoms with E-state index in [9.17, 15) is 18.0 Å². The molecule has 0 unspecified atom stereocenters. The summed E-state index contributed by atoms with van der Waals surface area (Å²) in [4.78, 5) is 27.7. The first-order valence-electron chi connectivity index (χ1n) is 11.7. The van der Waals surface area contributed by atoms with Crippen LogP contribution in [0.25, 0.3) is 0 Å². The van der Waals surface area contributed by atoms with E-state index in [-0.39, 0.29) is 54.5 Å². The van der Waals surface area contributed by atoms with Gasteiger partial charge >= 0.3 is 0 Å². The van der Waals surface area contributed by atoms with Gasteiger partial charge in [0.1, 0.15) is 6.04 Å². The minimum atomic E-state index is -3.71. The summed E-state index contributed by atoms with van der Waals surface area (Å²) >= 11 is 24.6. The van der Waals surface area contributed by atoms with E-state index in [4.69, 9.17) is 46.4 Å². The molecule has 0 saturated heterocycles. The predicted octanol–water partition coefficient (Wildman–Crippen LogP) is 6.18. The van der Waals surface area contributed by atoms with Gasteiger partial charge in [0.25, 0.3) is 0 Å². The molecule has 0 bridgehead atoms. The third-order valence-electron chi connectivity index (χ3n) is 5.85. The van der Waals surface area contributed by atoms with Gasteiger partial charge in [-0.15, -0.1) is 0 Å². The van der Waals surface area contributed by atoms with Gasteiger partial charge in [0.05, 0.1) is 17.0 Å². The van der Waals surface area contributed by atoms with Crippen molar-refractivity contribution in [3.05, 3.63) is 62.1 Å². The van der Waals surface area contributed by atoms with E-state index in [0.29, 0.717) is 20.6 Å². The second-order valence-electron chi connectivity index (χ2n) is 8.79. The second-order valence-corrected chi connectivity index (χ2v) is 12.4. The van der Waals surface area contributed by atoms with Crippen LogP contribution in [-0.4, -0.2) is 50.0 Å². The third-order valence-corrected chi connectivity index (χ3v) is 8.17. The SMILES string of the molecule is CC[C@H](C)NC(=O)[C@H](C)N(Cc1ccc(Cl)cc1Cl)C(=O)CCCN(c1cc(Cl)ccc1Cl)S(C)(=O)=O. The number of halogens is 4. The van der Waals surface area contributed by atoms with E-state index in [2.05, 4.69) is 5.32 Å². The summed E-state index contributed by atoms with van der Waals surface area (Å²) in [5.41, 5.74) is 0.862. The molecule has 2 aromatic carbocycles. The van der Waals surface area contributed by atoms with Crippen molar-refractivity contribution in [2.75, 3.05) is 17.1 Å². The highest BCUT2D eigenvalue weighted by molar-refractivity contribution is 7.92. The normalized spacial score (nSPS) is 13.1. The molecule has 0 aromatic heterocycles. The molecular weight excluding hydrogens is 580 g/mol.